The van der Waals surface area contributed by atoms with Crippen LogP contribution >= 0.6 is 0 Å². The third-order valence-corrected chi connectivity index (χ3v) is 8.53. The van der Waals surface area contributed by atoms with Gasteiger partial charge in [0.15, 0.2) is 6.29 Å². The largest absolute Gasteiger partial charge is 0.445 e. The van der Waals surface area contributed by atoms with Crippen molar-refractivity contribution in [2.24, 2.45) is 5.92 Å². The smallest absolute Gasteiger partial charge is 0.407 e. The normalized spacial score (nSPS) is 20.8. The summed E-state index contributed by atoms with van der Waals surface area (Å²) in [6.45, 7) is 9.20. The molecule has 0 aromatic heterocycles. The van der Waals surface area contributed by atoms with E-state index in [0.29, 0.717) is 6.54 Å². The maximum Gasteiger partial charge on any atom is 0.407 e. The van der Waals surface area contributed by atoms with E-state index in [4.69, 9.17) is 14.2 Å². The molecule has 44 heavy (non-hydrogen) atoms. The highest BCUT2D eigenvalue weighted by Gasteiger charge is 2.39. The van der Waals surface area contributed by atoms with Crippen LogP contribution in [-0.4, -0.2) is 42.4 Å². The Morgan fingerprint density at radius 3 is 2.36 bits per heavy atom. The molecule has 0 aliphatic carbocycles. The fraction of sp³-hybridized carbons (Fsp3) is 0.324. The zero-order valence-corrected chi connectivity index (χ0v) is 25.7. The van der Waals surface area contributed by atoms with Crippen molar-refractivity contribution in [1.29, 1.82) is 0 Å². The molecule has 1 aliphatic rings. The van der Waals surface area contributed by atoms with Gasteiger partial charge in [0.1, 0.15) is 6.61 Å². The van der Waals surface area contributed by atoms with E-state index in [1.54, 1.807) is 0 Å². The van der Waals surface area contributed by atoms with Crippen molar-refractivity contribution < 1.29 is 24.1 Å². The van der Waals surface area contributed by atoms with Crippen molar-refractivity contribution in [2.75, 3.05) is 20.2 Å². The highest BCUT2D eigenvalue weighted by atomic mass is 16.7. The summed E-state index contributed by atoms with van der Waals surface area (Å²) in [5.41, 5.74) is 5.02. The molecule has 7 nitrogen and oxygen atoms in total. The second-order valence-corrected chi connectivity index (χ2v) is 11.5. The van der Waals surface area contributed by atoms with Gasteiger partial charge in [0.05, 0.1) is 18.8 Å². The first-order valence-electron chi connectivity index (χ1n) is 15.2. The molecule has 5 unspecified atom stereocenters. The fourth-order valence-electron chi connectivity index (χ4n) is 5.64. The van der Waals surface area contributed by atoms with Crippen molar-refractivity contribution in [3.05, 3.63) is 131 Å². The molecule has 0 bridgehead atoms. The third kappa shape index (κ3) is 7.55. The van der Waals surface area contributed by atoms with Crippen LogP contribution in [0.4, 0.5) is 4.79 Å². The number of amides is 1. The van der Waals surface area contributed by atoms with E-state index >= 15 is 0 Å². The van der Waals surface area contributed by atoms with Crippen LogP contribution in [0.25, 0.3) is 10.8 Å². The molecule has 0 radical (unpaired) electrons. The number of nitrogens with one attached hydrogen (secondary N) is 1. The molecule has 1 saturated heterocycles. The number of fused-ring (bicyclic) bond motifs is 1. The van der Waals surface area contributed by atoms with Crippen LogP contribution in [0.15, 0.2) is 104 Å². The molecule has 4 aromatic rings. The minimum Gasteiger partial charge on any atom is -0.445 e. The quantitative estimate of drug-likeness (QED) is 0.178. The van der Waals surface area contributed by atoms with Crippen molar-refractivity contribution in [3.63, 3.8) is 0 Å². The fourth-order valence-corrected chi connectivity index (χ4v) is 5.64. The van der Waals surface area contributed by atoms with Gasteiger partial charge in [-0.3, -0.25) is 4.90 Å². The van der Waals surface area contributed by atoms with Gasteiger partial charge in [0.2, 0.25) is 0 Å². The van der Waals surface area contributed by atoms with E-state index in [1.165, 1.54) is 22.4 Å². The van der Waals surface area contributed by atoms with Gasteiger partial charge in [-0.1, -0.05) is 105 Å². The Kier molecular flexibility index (Phi) is 10.5. The van der Waals surface area contributed by atoms with Crippen molar-refractivity contribution in [1.82, 2.24) is 10.2 Å². The Morgan fingerprint density at radius 2 is 1.66 bits per heavy atom. The Balaban J connectivity index is 1.34. The Labute approximate surface area is 260 Å². The first-order chi connectivity index (χ1) is 21.4. The highest BCUT2D eigenvalue weighted by Crippen LogP contribution is 2.42. The summed E-state index contributed by atoms with van der Waals surface area (Å²) in [5.74, 6) is 0.0718. The van der Waals surface area contributed by atoms with Gasteiger partial charge in [0, 0.05) is 30.6 Å². The van der Waals surface area contributed by atoms with Crippen LogP contribution in [0, 0.1) is 5.92 Å². The highest BCUT2D eigenvalue weighted by molar-refractivity contribution is 5.83. The van der Waals surface area contributed by atoms with Gasteiger partial charge in [-0.25, -0.2) is 4.79 Å². The second-order valence-electron chi connectivity index (χ2n) is 11.5. The van der Waals surface area contributed by atoms with Crippen molar-refractivity contribution in [2.45, 2.75) is 51.5 Å². The summed E-state index contributed by atoms with van der Waals surface area (Å²) in [6, 6.07) is 31.1. The van der Waals surface area contributed by atoms with Crippen LogP contribution in [-0.2, 0) is 27.4 Å². The standard InChI is InChI=1S/C37H42N2O5/c1-5-20-42-37(41)38-22-27-10-16-31(17-11-27)36-43-34(25(2)35(44-36)30-14-12-28(24-40)13-15-30)23-39(4)26(3)32-19-18-29-8-6-7-9-33(29)21-32/h5-19,21,25-26,34-36,40H,1,20,22-24H2,2-4H3,(H,38,41). The molecule has 230 valence electrons. The minimum absolute atomic E-state index is 0.000355. The topological polar surface area (TPSA) is 80.3 Å². The molecule has 4 aromatic carbocycles. The van der Waals surface area contributed by atoms with E-state index in [1.807, 2.05) is 48.5 Å². The lowest BCUT2D eigenvalue weighted by Gasteiger charge is -2.43. The number of aliphatic hydroxyl groups excluding tert-OH is 1. The number of likely N-dealkylation sites (N-methyl/N-ethyl adjacent to an activating group) is 1. The molecule has 0 saturated carbocycles. The van der Waals surface area contributed by atoms with Gasteiger partial charge >= 0.3 is 6.09 Å². The van der Waals surface area contributed by atoms with Crippen molar-refractivity contribution in [3.8, 4) is 0 Å². The number of carbonyl (C=O) groups is 1. The molecule has 5 atom stereocenters. The number of nitrogens with zero attached hydrogens (tertiary/aromatic N) is 1. The average molecular weight is 595 g/mol. The number of carbonyl (C=O) groups excluding carboxylic acids is 1. The molecular weight excluding hydrogens is 552 g/mol. The predicted octanol–water partition coefficient (Wildman–Crippen LogP) is 7.23. The molecule has 1 fully saturated rings. The summed E-state index contributed by atoms with van der Waals surface area (Å²) < 4.78 is 18.3. The third-order valence-electron chi connectivity index (χ3n) is 8.53. The summed E-state index contributed by atoms with van der Waals surface area (Å²) >= 11 is 0. The number of rotatable bonds is 11. The Hall–Kier alpha value is -4.01. The van der Waals surface area contributed by atoms with Gasteiger partial charge in [-0.15, -0.1) is 0 Å². The summed E-state index contributed by atoms with van der Waals surface area (Å²) in [7, 11) is 2.15. The van der Waals surface area contributed by atoms with Gasteiger partial charge < -0.3 is 24.6 Å². The van der Waals surface area contributed by atoms with E-state index in [0.717, 1.165) is 28.8 Å². The molecule has 5 rings (SSSR count). The zero-order chi connectivity index (χ0) is 31.1. The summed E-state index contributed by atoms with van der Waals surface area (Å²) in [5, 5.41) is 14.8. The first kappa shape index (κ1) is 31.4. The van der Waals surface area contributed by atoms with Crippen molar-refractivity contribution >= 4 is 16.9 Å². The van der Waals surface area contributed by atoms with Crippen LogP contribution < -0.4 is 5.32 Å². The lowest BCUT2D eigenvalue weighted by atomic mass is 9.89. The van der Waals surface area contributed by atoms with Gasteiger partial charge in [-0.05, 0) is 53.1 Å². The zero-order valence-electron chi connectivity index (χ0n) is 25.7. The van der Waals surface area contributed by atoms with Crippen LogP contribution in [0.5, 0.6) is 0 Å². The summed E-state index contributed by atoms with van der Waals surface area (Å²) in [4.78, 5) is 14.2. The number of alkyl carbamates (subject to hydrolysis) is 1. The molecular formula is C37H42N2O5. The van der Waals surface area contributed by atoms with Crippen LogP contribution in [0.1, 0.15) is 60.1 Å². The van der Waals surface area contributed by atoms with E-state index < -0.39 is 12.4 Å². The summed E-state index contributed by atoms with van der Waals surface area (Å²) in [6.07, 6.45) is 0.175. The monoisotopic (exact) mass is 594 g/mol. The minimum atomic E-state index is -0.567. The Morgan fingerprint density at radius 1 is 0.977 bits per heavy atom. The number of benzene rings is 4. The SMILES string of the molecule is C=CCOC(=O)NCc1ccc(C2OC(CN(C)C(C)c3ccc4ccccc4c3)C(C)C(c3ccc(CO)cc3)O2)cc1. The van der Waals surface area contributed by atoms with Crippen LogP contribution in [0.3, 0.4) is 0 Å². The number of ether oxygens (including phenoxy) is 3. The number of hydrogen-bond donors (Lipinski definition) is 2. The number of aliphatic hydroxyl groups is 1. The second kappa shape index (κ2) is 14.6. The van der Waals surface area contributed by atoms with E-state index in [2.05, 4.69) is 80.2 Å². The maximum absolute atomic E-state index is 11.8. The average Bonchev–Trinajstić information content (AvgIpc) is 3.07. The lowest BCUT2D eigenvalue weighted by molar-refractivity contribution is -0.276. The molecule has 2 N–H and O–H groups in total. The van der Waals surface area contributed by atoms with Gasteiger partial charge in [0.25, 0.3) is 0 Å². The molecule has 1 amide bonds. The molecule has 1 heterocycles. The molecule has 7 heteroatoms. The van der Waals surface area contributed by atoms with Gasteiger partial charge in [-0.2, -0.15) is 0 Å². The molecule has 1 aliphatic heterocycles. The maximum atomic E-state index is 11.8. The lowest BCUT2D eigenvalue weighted by Crippen LogP contribution is -2.44. The van der Waals surface area contributed by atoms with E-state index in [-0.39, 0.29) is 37.4 Å². The van der Waals surface area contributed by atoms with E-state index in [9.17, 15) is 9.90 Å². The predicted molar refractivity (Wildman–Crippen MR) is 173 cm³/mol. The Bertz CT molecular complexity index is 1540. The molecule has 0 spiro atoms. The number of hydrogen-bond acceptors (Lipinski definition) is 6. The van der Waals surface area contributed by atoms with Crippen LogP contribution in [0.2, 0.25) is 0 Å². The first-order valence-corrected chi connectivity index (χ1v) is 15.2.